The number of nitrogens with one attached hydrogen (secondary N) is 1. The minimum atomic E-state index is -4.45. The van der Waals surface area contributed by atoms with Gasteiger partial charge in [-0.05, 0) is 60.2 Å². The van der Waals surface area contributed by atoms with Gasteiger partial charge in [0.1, 0.15) is 0 Å². The van der Waals surface area contributed by atoms with Gasteiger partial charge in [0, 0.05) is 36.0 Å². The molecule has 0 aliphatic carbocycles. The number of benzene rings is 2. The molecule has 0 unspecified atom stereocenters. The lowest BCUT2D eigenvalue weighted by Gasteiger charge is -2.32. The minimum Gasteiger partial charge on any atom is -0.493 e. The van der Waals surface area contributed by atoms with Gasteiger partial charge in [0.05, 0.1) is 32.8 Å². The Kier molecular flexibility index (Phi) is 7.85. The Balaban J connectivity index is 1.61. The molecule has 5 nitrogen and oxygen atoms in total. The van der Waals surface area contributed by atoms with Crippen molar-refractivity contribution in [2.45, 2.75) is 50.4 Å². The summed E-state index contributed by atoms with van der Waals surface area (Å²) in [5, 5.41) is 0.452. The van der Waals surface area contributed by atoms with Crippen molar-refractivity contribution in [3.63, 3.8) is 0 Å². The van der Waals surface area contributed by atoms with E-state index in [9.17, 15) is 31.1 Å². The molecule has 1 N–H and O–H groups in total. The van der Waals surface area contributed by atoms with Crippen molar-refractivity contribution in [2.24, 2.45) is 0 Å². The number of carbonyl (C=O) groups is 1. The average Bonchev–Trinajstić information content (AvgIpc) is 3.22. The zero-order valence-corrected chi connectivity index (χ0v) is 20.9. The number of piperidine rings is 1. The van der Waals surface area contributed by atoms with Crippen molar-refractivity contribution in [2.75, 3.05) is 27.3 Å². The van der Waals surface area contributed by atoms with Crippen molar-refractivity contribution in [3.8, 4) is 22.8 Å². The molecule has 11 heteroatoms. The Morgan fingerprint density at radius 2 is 1.63 bits per heavy atom. The van der Waals surface area contributed by atoms with Crippen molar-refractivity contribution >= 4 is 16.8 Å². The van der Waals surface area contributed by atoms with Crippen LogP contribution >= 0.6 is 0 Å². The van der Waals surface area contributed by atoms with Crippen molar-refractivity contribution in [3.05, 3.63) is 47.5 Å². The third-order valence-corrected chi connectivity index (χ3v) is 6.92. The molecule has 2 aromatic carbocycles. The molecular weight excluding hydrogens is 514 g/mol. The van der Waals surface area contributed by atoms with E-state index in [0.717, 1.165) is 5.56 Å². The number of methoxy groups -OCH3 is 2. The molecule has 3 aromatic rings. The molecule has 4 rings (SSSR count). The third-order valence-electron chi connectivity index (χ3n) is 6.92. The molecule has 2 heterocycles. The van der Waals surface area contributed by atoms with Crippen LogP contribution in [0.2, 0.25) is 0 Å². The summed E-state index contributed by atoms with van der Waals surface area (Å²) >= 11 is 0. The van der Waals surface area contributed by atoms with Crippen LogP contribution in [0.5, 0.6) is 11.5 Å². The van der Waals surface area contributed by atoms with Gasteiger partial charge in [0.2, 0.25) is 5.91 Å². The Bertz CT molecular complexity index is 1290. The number of carbonyl (C=O) groups excluding carboxylic acids is 1. The summed E-state index contributed by atoms with van der Waals surface area (Å²) in [6.45, 7) is 0.609. The van der Waals surface area contributed by atoms with E-state index < -0.39 is 37.5 Å². The van der Waals surface area contributed by atoms with Crippen molar-refractivity contribution in [1.29, 1.82) is 0 Å². The van der Waals surface area contributed by atoms with Crippen LogP contribution in [0.15, 0.2) is 36.4 Å². The number of alkyl halides is 6. The lowest BCUT2D eigenvalue weighted by Crippen LogP contribution is -2.38. The van der Waals surface area contributed by atoms with Crippen LogP contribution in [-0.2, 0) is 11.2 Å². The van der Waals surface area contributed by atoms with Gasteiger partial charge in [0.15, 0.2) is 11.5 Å². The van der Waals surface area contributed by atoms with E-state index in [0.29, 0.717) is 59.6 Å². The molecule has 206 valence electrons. The SMILES string of the molecule is COc1ccc(-c2[nH]c3ccc(C4CCN(C(=O)CCC(F)(F)F)CC4)cc3c2CC(F)(F)F)cc1OC. The first-order chi connectivity index (χ1) is 17.9. The topological polar surface area (TPSA) is 54.6 Å². The monoisotopic (exact) mass is 542 g/mol. The molecule has 38 heavy (non-hydrogen) atoms. The molecule has 1 aromatic heterocycles. The first-order valence-corrected chi connectivity index (χ1v) is 12.2. The van der Waals surface area contributed by atoms with Crippen LogP contribution in [0, 0.1) is 0 Å². The van der Waals surface area contributed by atoms with Gasteiger partial charge in [-0.3, -0.25) is 4.79 Å². The molecule has 1 aliphatic heterocycles. The quantitative estimate of drug-likeness (QED) is 0.327. The number of hydrogen-bond donors (Lipinski definition) is 1. The molecule has 1 fully saturated rings. The summed E-state index contributed by atoms with van der Waals surface area (Å²) in [4.78, 5) is 16.7. The van der Waals surface area contributed by atoms with Gasteiger partial charge < -0.3 is 19.4 Å². The van der Waals surface area contributed by atoms with Gasteiger partial charge >= 0.3 is 12.4 Å². The third kappa shape index (κ3) is 6.36. The number of halogens is 6. The van der Waals surface area contributed by atoms with Crippen LogP contribution in [0.3, 0.4) is 0 Å². The van der Waals surface area contributed by atoms with E-state index in [-0.39, 0.29) is 11.5 Å². The standard InChI is InChI=1S/C27H28F6N2O3/c1-37-22-6-4-18(14-23(22)38-2)25-20(15-27(31,32)33)19-13-17(3-5-21(19)34-25)16-8-11-35(12-9-16)24(36)7-10-26(28,29)30/h3-6,13-14,16,34H,7-12,15H2,1-2H3. The maximum atomic E-state index is 13.7. The van der Waals surface area contributed by atoms with E-state index in [1.165, 1.54) is 19.1 Å². The van der Waals surface area contributed by atoms with Crippen LogP contribution in [0.4, 0.5) is 26.3 Å². The molecule has 0 radical (unpaired) electrons. The maximum Gasteiger partial charge on any atom is 0.393 e. The first-order valence-electron chi connectivity index (χ1n) is 12.2. The number of aromatic amines is 1. The van der Waals surface area contributed by atoms with E-state index in [1.54, 1.807) is 30.3 Å². The number of likely N-dealkylation sites (tertiary alicyclic amines) is 1. The summed E-state index contributed by atoms with van der Waals surface area (Å²) in [6.07, 6.45) is -10.7. The van der Waals surface area contributed by atoms with E-state index >= 15 is 0 Å². The Morgan fingerprint density at radius 1 is 0.947 bits per heavy atom. The van der Waals surface area contributed by atoms with Crippen molar-refractivity contribution < 1.29 is 40.6 Å². The van der Waals surface area contributed by atoms with E-state index in [1.807, 2.05) is 6.07 Å². The summed E-state index contributed by atoms with van der Waals surface area (Å²) in [5.74, 6) is 0.284. The first kappa shape index (κ1) is 27.7. The van der Waals surface area contributed by atoms with Crippen LogP contribution in [-0.4, -0.2) is 55.5 Å². The number of nitrogens with zero attached hydrogens (tertiary/aromatic N) is 1. The molecule has 0 saturated carbocycles. The molecule has 0 spiro atoms. The Morgan fingerprint density at radius 3 is 2.24 bits per heavy atom. The van der Waals surface area contributed by atoms with Crippen LogP contribution < -0.4 is 9.47 Å². The van der Waals surface area contributed by atoms with E-state index in [2.05, 4.69) is 4.98 Å². The highest BCUT2D eigenvalue weighted by Gasteiger charge is 2.33. The van der Waals surface area contributed by atoms with Gasteiger partial charge in [-0.2, -0.15) is 26.3 Å². The van der Waals surface area contributed by atoms with Crippen molar-refractivity contribution in [1.82, 2.24) is 9.88 Å². The normalized spacial score (nSPS) is 15.2. The number of fused-ring (bicyclic) bond motifs is 1. The second kappa shape index (κ2) is 10.8. The molecule has 0 atom stereocenters. The number of amides is 1. The number of H-pyrrole nitrogens is 1. The number of rotatable bonds is 7. The fraction of sp³-hybridized carbons (Fsp3) is 0.444. The van der Waals surface area contributed by atoms with E-state index in [4.69, 9.17) is 9.47 Å². The highest BCUT2D eigenvalue weighted by molar-refractivity contribution is 5.92. The van der Waals surface area contributed by atoms with Gasteiger partial charge in [-0.25, -0.2) is 0 Å². The Labute approximate surface area is 215 Å². The van der Waals surface area contributed by atoms with Gasteiger partial charge in [-0.15, -0.1) is 0 Å². The minimum absolute atomic E-state index is 0.0239. The van der Waals surface area contributed by atoms with Gasteiger partial charge in [-0.1, -0.05) is 6.07 Å². The highest BCUT2D eigenvalue weighted by Crippen LogP contribution is 2.40. The average molecular weight is 543 g/mol. The fourth-order valence-electron chi connectivity index (χ4n) is 5.01. The molecule has 0 bridgehead atoms. The predicted molar refractivity (Wildman–Crippen MR) is 130 cm³/mol. The largest absolute Gasteiger partial charge is 0.493 e. The summed E-state index contributed by atoms with van der Waals surface area (Å²) < 4.78 is 88.9. The molecular formula is C27H28F6N2O3. The highest BCUT2D eigenvalue weighted by atomic mass is 19.4. The predicted octanol–water partition coefficient (Wildman–Crippen LogP) is 7.01. The second-order valence-corrected chi connectivity index (χ2v) is 9.42. The maximum absolute atomic E-state index is 13.7. The van der Waals surface area contributed by atoms with Gasteiger partial charge in [0.25, 0.3) is 0 Å². The molecule has 1 amide bonds. The smallest absolute Gasteiger partial charge is 0.393 e. The number of ether oxygens (including phenoxy) is 2. The van der Waals surface area contributed by atoms with Crippen LogP contribution in [0.25, 0.3) is 22.2 Å². The summed E-state index contributed by atoms with van der Waals surface area (Å²) in [6, 6.07) is 10.3. The molecule has 1 saturated heterocycles. The second-order valence-electron chi connectivity index (χ2n) is 9.42. The fourth-order valence-corrected chi connectivity index (χ4v) is 5.01. The lowest BCUT2D eigenvalue weighted by molar-refractivity contribution is -0.149. The lowest BCUT2D eigenvalue weighted by atomic mass is 9.88. The summed E-state index contributed by atoms with van der Waals surface area (Å²) in [7, 11) is 2.92. The Hall–Kier alpha value is -3.37. The zero-order chi connectivity index (χ0) is 27.7. The number of aromatic nitrogens is 1. The summed E-state index contributed by atoms with van der Waals surface area (Å²) in [5.41, 5.74) is 2.35. The molecule has 1 aliphatic rings. The number of hydrogen-bond acceptors (Lipinski definition) is 3. The van der Waals surface area contributed by atoms with Crippen LogP contribution in [0.1, 0.15) is 42.7 Å². The zero-order valence-electron chi connectivity index (χ0n) is 20.9.